The van der Waals surface area contributed by atoms with Gasteiger partial charge in [-0.05, 0) is 30.3 Å². The first-order chi connectivity index (χ1) is 11.9. The van der Waals surface area contributed by atoms with Crippen LogP contribution in [0.15, 0.2) is 42.2 Å². The van der Waals surface area contributed by atoms with Crippen LogP contribution in [0.5, 0.6) is 11.5 Å². The van der Waals surface area contributed by atoms with Crippen molar-refractivity contribution in [1.82, 2.24) is 0 Å². The van der Waals surface area contributed by atoms with Crippen molar-refractivity contribution in [3.8, 4) is 11.5 Å². The van der Waals surface area contributed by atoms with Crippen molar-refractivity contribution in [2.75, 3.05) is 0 Å². The second kappa shape index (κ2) is 6.90. The predicted molar refractivity (Wildman–Crippen MR) is 96.3 cm³/mol. The summed E-state index contributed by atoms with van der Waals surface area (Å²) >= 11 is 12.3. The van der Waals surface area contributed by atoms with E-state index >= 15 is 0 Å². The number of hydrogen-bond acceptors (Lipinski definition) is 4. The molecule has 0 spiro atoms. The van der Waals surface area contributed by atoms with E-state index < -0.39 is 0 Å². The molecule has 2 aromatic rings. The quantitative estimate of drug-likeness (QED) is 0.421. The lowest BCUT2D eigenvalue weighted by Crippen LogP contribution is -2.14. The van der Waals surface area contributed by atoms with Gasteiger partial charge in [-0.2, -0.15) is 0 Å². The zero-order valence-corrected chi connectivity index (χ0v) is 15.0. The maximum atomic E-state index is 12.5. The van der Waals surface area contributed by atoms with E-state index in [-0.39, 0.29) is 23.4 Å². The first kappa shape index (κ1) is 17.5. The maximum absolute atomic E-state index is 12.5. The number of halogens is 2. The Labute approximate surface area is 155 Å². The van der Waals surface area contributed by atoms with E-state index in [0.29, 0.717) is 32.7 Å². The Kier molecular flexibility index (Phi) is 4.84. The topological polar surface area (TPSA) is 52.6 Å². The third-order valence-corrected chi connectivity index (χ3v) is 4.27. The zero-order valence-electron chi connectivity index (χ0n) is 13.5. The van der Waals surface area contributed by atoms with Crippen LogP contribution in [0.2, 0.25) is 10.0 Å². The summed E-state index contributed by atoms with van der Waals surface area (Å²) in [7, 11) is 0. The van der Waals surface area contributed by atoms with Gasteiger partial charge >= 0.3 is 5.97 Å². The molecular formula is C19H14Cl2O4. The number of carbonyl (C=O) groups excluding carboxylic acids is 2. The summed E-state index contributed by atoms with van der Waals surface area (Å²) in [5.74, 6) is -0.141. The number of ether oxygens (including phenoxy) is 2. The van der Waals surface area contributed by atoms with E-state index in [0.717, 1.165) is 0 Å². The van der Waals surface area contributed by atoms with Crippen LogP contribution in [-0.2, 0) is 4.79 Å². The van der Waals surface area contributed by atoms with Crippen LogP contribution in [0.25, 0.3) is 6.08 Å². The van der Waals surface area contributed by atoms with Gasteiger partial charge in [0, 0.05) is 21.7 Å². The van der Waals surface area contributed by atoms with Crippen molar-refractivity contribution >= 4 is 41.0 Å². The largest absolute Gasteiger partial charge is 0.452 e. The van der Waals surface area contributed by atoms with Crippen LogP contribution in [0.4, 0.5) is 0 Å². The van der Waals surface area contributed by atoms with E-state index in [2.05, 4.69) is 0 Å². The Morgan fingerprint density at radius 3 is 2.48 bits per heavy atom. The summed E-state index contributed by atoms with van der Waals surface area (Å²) in [6, 6.07) is 9.71. The molecule has 0 bridgehead atoms. The third kappa shape index (κ3) is 3.55. The van der Waals surface area contributed by atoms with Gasteiger partial charge in [-0.25, -0.2) is 0 Å². The fourth-order valence-corrected chi connectivity index (χ4v) is 2.75. The first-order valence-electron chi connectivity index (χ1n) is 7.61. The molecule has 1 aliphatic heterocycles. The Morgan fingerprint density at radius 2 is 1.84 bits per heavy atom. The molecule has 0 atom stereocenters. The maximum Gasteiger partial charge on any atom is 0.313 e. The van der Waals surface area contributed by atoms with Crippen LogP contribution in [-0.4, -0.2) is 11.8 Å². The van der Waals surface area contributed by atoms with E-state index in [1.54, 1.807) is 44.2 Å². The van der Waals surface area contributed by atoms with Crippen LogP contribution < -0.4 is 9.47 Å². The van der Waals surface area contributed by atoms with E-state index in [1.165, 1.54) is 12.1 Å². The molecule has 1 heterocycles. The molecule has 0 aromatic heterocycles. The molecule has 2 aromatic carbocycles. The van der Waals surface area contributed by atoms with Crippen molar-refractivity contribution in [3.63, 3.8) is 0 Å². The lowest BCUT2D eigenvalue weighted by molar-refractivity contribution is -0.137. The van der Waals surface area contributed by atoms with Crippen molar-refractivity contribution in [2.45, 2.75) is 13.8 Å². The van der Waals surface area contributed by atoms with Crippen LogP contribution >= 0.6 is 23.2 Å². The summed E-state index contributed by atoms with van der Waals surface area (Å²) in [6.45, 7) is 3.48. The number of carbonyl (C=O) groups is 2. The monoisotopic (exact) mass is 376 g/mol. The van der Waals surface area contributed by atoms with Gasteiger partial charge in [0.15, 0.2) is 5.76 Å². The fraction of sp³-hybridized carbons (Fsp3) is 0.158. The molecule has 0 unspecified atom stereocenters. The number of ketones is 1. The second-order valence-corrected chi connectivity index (χ2v) is 6.62. The number of fused-ring (bicyclic) bond motifs is 1. The Balaban J connectivity index is 1.91. The van der Waals surface area contributed by atoms with Gasteiger partial charge in [-0.15, -0.1) is 0 Å². The molecule has 128 valence electrons. The van der Waals surface area contributed by atoms with Gasteiger partial charge in [-0.1, -0.05) is 43.1 Å². The number of hydrogen-bond donors (Lipinski definition) is 0. The lowest BCUT2D eigenvalue weighted by Gasteiger charge is -2.07. The highest BCUT2D eigenvalue weighted by Crippen LogP contribution is 2.36. The first-order valence-corrected chi connectivity index (χ1v) is 8.36. The van der Waals surface area contributed by atoms with Gasteiger partial charge in [0.25, 0.3) is 0 Å². The molecule has 6 heteroatoms. The van der Waals surface area contributed by atoms with Crippen molar-refractivity contribution < 1.29 is 19.1 Å². The number of Topliss-reactive ketones (excluding diaryl/α,β-unsaturated/α-hetero) is 1. The molecule has 0 amide bonds. The molecule has 1 aliphatic rings. The molecule has 0 saturated carbocycles. The molecule has 3 rings (SSSR count). The predicted octanol–water partition coefficient (Wildman–Crippen LogP) is 5.17. The highest BCUT2D eigenvalue weighted by Gasteiger charge is 2.28. The number of benzene rings is 2. The minimum absolute atomic E-state index is 0.109. The molecule has 25 heavy (non-hydrogen) atoms. The second-order valence-electron chi connectivity index (χ2n) is 5.81. The van der Waals surface area contributed by atoms with E-state index in [1.807, 2.05) is 0 Å². The van der Waals surface area contributed by atoms with E-state index in [9.17, 15) is 9.59 Å². The van der Waals surface area contributed by atoms with Gasteiger partial charge in [-0.3, -0.25) is 9.59 Å². The summed E-state index contributed by atoms with van der Waals surface area (Å²) in [5.41, 5.74) is 0.896. The average Bonchev–Trinajstić information content (AvgIpc) is 2.86. The fourth-order valence-electron chi connectivity index (χ4n) is 2.24. The molecule has 0 N–H and O–H groups in total. The standard InChI is InChI=1S/C19H14Cl2O4/c1-10(2)19(23)24-11-6-7-12-16(8-11)25-17(18(12)22)9-13-14(20)4-3-5-15(13)21/h3-10H,1-2H3. The Hall–Kier alpha value is -2.30. The van der Waals surface area contributed by atoms with E-state index in [4.69, 9.17) is 32.7 Å². The molecule has 4 nitrogen and oxygen atoms in total. The van der Waals surface area contributed by atoms with Crippen molar-refractivity contribution in [3.05, 3.63) is 63.3 Å². The van der Waals surface area contributed by atoms with Gasteiger partial charge in [0.05, 0.1) is 11.5 Å². The number of esters is 1. The molecule has 0 aliphatic carbocycles. The summed E-state index contributed by atoms with van der Waals surface area (Å²) in [6.07, 6.45) is 1.51. The van der Waals surface area contributed by atoms with Gasteiger partial charge in [0.1, 0.15) is 11.5 Å². The van der Waals surface area contributed by atoms with Crippen LogP contribution in [0.1, 0.15) is 29.8 Å². The Morgan fingerprint density at radius 1 is 1.16 bits per heavy atom. The van der Waals surface area contributed by atoms with Crippen LogP contribution in [0.3, 0.4) is 0 Å². The molecule has 0 radical (unpaired) electrons. The summed E-state index contributed by atoms with van der Waals surface area (Å²) in [5, 5.41) is 0.831. The summed E-state index contributed by atoms with van der Waals surface area (Å²) in [4.78, 5) is 24.2. The van der Waals surface area contributed by atoms with Gasteiger partial charge in [0.2, 0.25) is 5.78 Å². The third-order valence-electron chi connectivity index (χ3n) is 3.61. The lowest BCUT2D eigenvalue weighted by atomic mass is 10.1. The minimum Gasteiger partial charge on any atom is -0.452 e. The van der Waals surface area contributed by atoms with Crippen molar-refractivity contribution in [2.24, 2.45) is 5.92 Å². The normalized spacial score (nSPS) is 14.6. The minimum atomic E-state index is -0.358. The highest BCUT2D eigenvalue weighted by atomic mass is 35.5. The average molecular weight is 377 g/mol. The Bertz CT molecular complexity index is 880. The molecule has 0 saturated heterocycles. The highest BCUT2D eigenvalue weighted by molar-refractivity contribution is 6.37. The number of rotatable bonds is 3. The molecule has 0 fully saturated rings. The SMILES string of the molecule is CC(C)C(=O)Oc1ccc2c(c1)OC(=Cc1c(Cl)cccc1Cl)C2=O. The molecular weight excluding hydrogens is 363 g/mol. The summed E-state index contributed by atoms with van der Waals surface area (Å²) < 4.78 is 10.9. The van der Waals surface area contributed by atoms with Crippen LogP contribution in [0, 0.1) is 5.92 Å². The van der Waals surface area contributed by atoms with Gasteiger partial charge < -0.3 is 9.47 Å². The number of allylic oxidation sites excluding steroid dienone is 1. The smallest absolute Gasteiger partial charge is 0.313 e. The van der Waals surface area contributed by atoms with Crippen molar-refractivity contribution in [1.29, 1.82) is 0 Å². The zero-order chi connectivity index (χ0) is 18.1.